The first-order valence-electron chi connectivity index (χ1n) is 4.43. The molecule has 0 aliphatic carbocycles. The molecule has 66 valence electrons. The van der Waals surface area contributed by atoms with Gasteiger partial charge in [0, 0.05) is 12.5 Å². The van der Waals surface area contributed by atoms with Crippen molar-refractivity contribution < 1.29 is 4.42 Å². The first-order valence-corrected chi connectivity index (χ1v) is 4.43. The highest BCUT2D eigenvalue weighted by molar-refractivity contribution is 5.03. The monoisotopic (exact) mass is 166 g/mol. The summed E-state index contributed by atoms with van der Waals surface area (Å²) in [6.07, 6.45) is 5.80. The van der Waals surface area contributed by atoms with Crippen LogP contribution in [0.2, 0.25) is 0 Å². The molecule has 2 rings (SSSR count). The van der Waals surface area contributed by atoms with Crippen LogP contribution in [-0.2, 0) is 0 Å². The Morgan fingerprint density at radius 1 is 1.67 bits per heavy atom. The minimum atomic E-state index is 0.586. The molecule has 0 radical (unpaired) electrons. The maximum absolute atomic E-state index is 4.97. The molecule has 0 aromatic carbocycles. The molecule has 0 saturated carbocycles. The fourth-order valence-corrected chi connectivity index (χ4v) is 1.83. The molecule has 1 saturated heterocycles. The van der Waals surface area contributed by atoms with Crippen molar-refractivity contribution in [3.63, 3.8) is 0 Å². The zero-order chi connectivity index (χ0) is 8.39. The molecule has 12 heavy (non-hydrogen) atoms. The number of likely N-dealkylation sites (tertiary alicyclic amines) is 1. The topological polar surface area (TPSA) is 29.3 Å². The molecule has 0 N–H and O–H groups in total. The van der Waals surface area contributed by atoms with Crippen LogP contribution in [0.25, 0.3) is 0 Å². The van der Waals surface area contributed by atoms with Gasteiger partial charge in [-0.15, -0.1) is 0 Å². The summed E-state index contributed by atoms with van der Waals surface area (Å²) in [5.74, 6) is 0.586. The van der Waals surface area contributed by atoms with Crippen LogP contribution in [0.5, 0.6) is 0 Å². The van der Waals surface area contributed by atoms with Crippen LogP contribution in [-0.4, -0.2) is 30.0 Å². The van der Waals surface area contributed by atoms with Crippen molar-refractivity contribution in [1.29, 1.82) is 0 Å². The van der Waals surface area contributed by atoms with Gasteiger partial charge < -0.3 is 9.32 Å². The number of likely N-dealkylation sites (N-methyl/N-ethyl adjacent to an activating group) is 1. The van der Waals surface area contributed by atoms with E-state index in [9.17, 15) is 0 Å². The lowest BCUT2D eigenvalue weighted by Gasteiger charge is -2.28. The van der Waals surface area contributed by atoms with E-state index in [2.05, 4.69) is 16.9 Å². The van der Waals surface area contributed by atoms with Crippen molar-refractivity contribution in [3.8, 4) is 0 Å². The molecule has 1 unspecified atom stereocenters. The molecular weight excluding hydrogens is 152 g/mol. The number of hydrogen-bond donors (Lipinski definition) is 0. The van der Waals surface area contributed by atoms with E-state index in [1.807, 2.05) is 0 Å². The van der Waals surface area contributed by atoms with Crippen molar-refractivity contribution in [2.24, 2.45) is 0 Å². The molecule has 1 aliphatic rings. The fraction of sp³-hybridized carbons (Fsp3) is 0.667. The zero-order valence-corrected chi connectivity index (χ0v) is 7.36. The maximum Gasteiger partial charge on any atom is 0.180 e. The molecule has 1 atom stereocenters. The molecule has 1 aliphatic heterocycles. The average molecular weight is 166 g/mol. The van der Waals surface area contributed by atoms with Crippen molar-refractivity contribution in [1.82, 2.24) is 9.88 Å². The number of rotatable bonds is 1. The highest BCUT2D eigenvalue weighted by Crippen LogP contribution is 2.24. The lowest BCUT2D eigenvalue weighted by molar-refractivity contribution is 0.248. The number of piperidine rings is 1. The summed E-state index contributed by atoms with van der Waals surface area (Å²) in [7, 11) is 2.16. The summed E-state index contributed by atoms with van der Waals surface area (Å²) in [4.78, 5) is 6.53. The van der Waals surface area contributed by atoms with Crippen LogP contribution < -0.4 is 0 Å². The van der Waals surface area contributed by atoms with E-state index in [0.717, 1.165) is 12.2 Å². The molecule has 1 aromatic heterocycles. The van der Waals surface area contributed by atoms with Crippen molar-refractivity contribution in [2.45, 2.75) is 18.8 Å². The molecular formula is C9H14N2O. The fourth-order valence-electron chi connectivity index (χ4n) is 1.83. The van der Waals surface area contributed by atoms with Gasteiger partial charge in [-0.2, -0.15) is 0 Å². The molecule has 3 nitrogen and oxygen atoms in total. The quantitative estimate of drug-likeness (QED) is 0.633. The second-order valence-electron chi connectivity index (χ2n) is 3.51. The summed E-state index contributed by atoms with van der Waals surface area (Å²) in [6, 6.07) is 0. The second kappa shape index (κ2) is 3.27. The Bertz CT molecular complexity index is 233. The molecule has 0 amide bonds. The van der Waals surface area contributed by atoms with E-state index < -0.39 is 0 Å². The van der Waals surface area contributed by atoms with Crippen LogP contribution in [0.3, 0.4) is 0 Å². The summed E-state index contributed by atoms with van der Waals surface area (Å²) in [6.45, 7) is 2.33. The SMILES string of the molecule is CN1CCCC(c2cocn2)C1. The van der Waals surface area contributed by atoms with E-state index in [4.69, 9.17) is 4.42 Å². The van der Waals surface area contributed by atoms with Crippen LogP contribution >= 0.6 is 0 Å². The first-order chi connectivity index (χ1) is 5.86. The van der Waals surface area contributed by atoms with Crippen molar-refractivity contribution in [3.05, 3.63) is 18.4 Å². The largest absolute Gasteiger partial charge is 0.451 e. The third-order valence-electron chi connectivity index (χ3n) is 2.49. The van der Waals surface area contributed by atoms with Gasteiger partial charge in [0.25, 0.3) is 0 Å². The minimum absolute atomic E-state index is 0.586. The van der Waals surface area contributed by atoms with Crippen LogP contribution in [0, 0.1) is 0 Å². The Hall–Kier alpha value is -0.830. The highest BCUT2D eigenvalue weighted by atomic mass is 16.3. The molecule has 0 bridgehead atoms. The lowest BCUT2D eigenvalue weighted by atomic mass is 9.96. The number of aromatic nitrogens is 1. The minimum Gasteiger partial charge on any atom is -0.451 e. The maximum atomic E-state index is 4.97. The van der Waals surface area contributed by atoms with Gasteiger partial charge in [-0.05, 0) is 26.4 Å². The highest BCUT2D eigenvalue weighted by Gasteiger charge is 2.20. The molecule has 3 heteroatoms. The molecule has 0 spiro atoms. The van der Waals surface area contributed by atoms with Gasteiger partial charge in [0.2, 0.25) is 0 Å². The summed E-state index contributed by atoms with van der Waals surface area (Å²) >= 11 is 0. The predicted molar refractivity (Wildman–Crippen MR) is 46.0 cm³/mol. The van der Waals surface area contributed by atoms with Crippen molar-refractivity contribution >= 4 is 0 Å². The Labute approximate surface area is 72.4 Å². The smallest absolute Gasteiger partial charge is 0.180 e. The standard InChI is InChI=1S/C9H14N2O/c1-11-4-2-3-8(5-11)9-6-12-7-10-9/h6-8H,2-5H2,1H3. The van der Waals surface area contributed by atoms with Crippen LogP contribution in [0.1, 0.15) is 24.5 Å². The third kappa shape index (κ3) is 1.50. The van der Waals surface area contributed by atoms with E-state index in [1.54, 1.807) is 6.26 Å². The van der Waals surface area contributed by atoms with Gasteiger partial charge in [-0.3, -0.25) is 0 Å². The Kier molecular flexibility index (Phi) is 2.13. The Balaban J connectivity index is 2.04. The molecule has 1 aromatic rings. The Morgan fingerprint density at radius 2 is 2.58 bits per heavy atom. The van der Waals surface area contributed by atoms with E-state index in [-0.39, 0.29) is 0 Å². The summed E-state index contributed by atoms with van der Waals surface area (Å²) in [5, 5.41) is 0. The zero-order valence-electron chi connectivity index (χ0n) is 7.36. The van der Waals surface area contributed by atoms with E-state index in [0.29, 0.717) is 5.92 Å². The number of nitrogens with zero attached hydrogens (tertiary/aromatic N) is 2. The summed E-state index contributed by atoms with van der Waals surface area (Å²) in [5.41, 5.74) is 1.11. The van der Waals surface area contributed by atoms with Crippen LogP contribution in [0.4, 0.5) is 0 Å². The predicted octanol–water partition coefficient (Wildman–Crippen LogP) is 1.48. The summed E-state index contributed by atoms with van der Waals surface area (Å²) < 4.78 is 4.97. The van der Waals surface area contributed by atoms with Crippen molar-refractivity contribution in [2.75, 3.05) is 20.1 Å². The average Bonchev–Trinajstić information content (AvgIpc) is 2.56. The molecule has 2 heterocycles. The first kappa shape index (κ1) is 7.80. The van der Waals surface area contributed by atoms with Crippen LogP contribution in [0.15, 0.2) is 17.1 Å². The van der Waals surface area contributed by atoms with Gasteiger partial charge >= 0.3 is 0 Å². The van der Waals surface area contributed by atoms with Gasteiger partial charge in [-0.1, -0.05) is 0 Å². The van der Waals surface area contributed by atoms with Gasteiger partial charge in [0.05, 0.1) is 5.69 Å². The molecule has 1 fully saturated rings. The van der Waals surface area contributed by atoms with E-state index >= 15 is 0 Å². The number of oxazole rings is 1. The van der Waals surface area contributed by atoms with E-state index in [1.165, 1.54) is 25.8 Å². The third-order valence-corrected chi connectivity index (χ3v) is 2.49. The Morgan fingerprint density at radius 3 is 3.25 bits per heavy atom. The van der Waals surface area contributed by atoms with Gasteiger partial charge in [-0.25, -0.2) is 4.98 Å². The second-order valence-corrected chi connectivity index (χ2v) is 3.51. The normalized spacial score (nSPS) is 25.9. The lowest BCUT2D eigenvalue weighted by Crippen LogP contribution is -2.30. The number of hydrogen-bond acceptors (Lipinski definition) is 3. The van der Waals surface area contributed by atoms with Gasteiger partial charge in [0.1, 0.15) is 6.26 Å². The van der Waals surface area contributed by atoms with Gasteiger partial charge in [0.15, 0.2) is 6.39 Å².